The molecule has 1 aromatic heterocycles. The summed E-state index contributed by atoms with van der Waals surface area (Å²) >= 11 is 12.4. The van der Waals surface area contributed by atoms with Crippen molar-refractivity contribution in [2.75, 3.05) is 7.11 Å². The van der Waals surface area contributed by atoms with Crippen LogP contribution in [0.4, 0.5) is 0 Å². The van der Waals surface area contributed by atoms with Crippen molar-refractivity contribution in [3.63, 3.8) is 0 Å². The van der Waals surface area contributed by atoms with E-state index in [1.54, 1.807) is 13.2 Å². The number of hydrogen-bond donors (Lipinski definition) is 0. The van der Waals surface area contributed by atoms with Crippen molar-refractivity contribution < 1.29 is 4.74 Å². The summed E-state index contributed by atoms with van der Waals surface area (Å²) in [4.78, 5) is 4.71. The first-order valence-electron chi connectivity index (χ1n) is 8.75. The predicted octanol–water partition coefficient (Wildman–Crippen LogP) is 6.26. The number of rotatable bonds is 7. The Morgan fingerprint density at radius 1 is 1.12 bits per heavy atom. The number of benzene rings is 2. The average Bonchev–Trinajstić information content (AvgIpc) is 3.04. The maximum absolute atomic E-state index is 6.37. The molecule has 3 rings (SSSR count). The number of para-hydroxylation sites is 1. The number of nitrogens with zero attached hydrogens (tertiary/aromatic N) is 2. The molecule has 0 atom stereocenters. The molecule has 0 N–H and O–H groups in total. The summed E-state index contributed by atoms with van der Waals surface area (Å²) in [5.74, 6) is 0.833. The van der Waals surface area contributed by atoms with Gasteiger partial charge in [0.05, 0.1) is 25.7 Å². The van der Waals surface area contributed by atoms with Crippen LogP contribution in [0.3, 0.4) is 0 Å². The molecule has 0 radical (unpaired) electrons. The molecule has 3 nitrogen and oxygen atoms in total. The van der Waals surface area contributed by atoms with Gasteiger partial charge >= 0.3 is 0 Å². The zero-order valence-corrected chi connectivity index (χ0v) is 16.5. The lowest BCUT2D eigenvalue weighted by Gasteiger charge is -2.13. The third kappa shape index (κ3) is 4.05. The van der Waals surface area contributed by atoms with Crippen LogP contribution in [0.1, 0.15) is 31.0 Å². The Hall–Kier alpha value is -1.97. The van der Waals surface area contributed by atoms with Gasteiger partial charge in [-0.2, -0.15) is 0 Å². The molecule has 136 valence electrons. The first-order valence-corrected chi connectivity index (χ1v) is 9.51. The van der Waals surface area contributed by atoms with Gasteiger partial charge in [0.15, 0.2) is 0 Å². The Labute approximate surface area is 164 Å². The van der Waals surface area contributed by atoms with Crippen LogP contribution in [0, 0.1) is 0 Å². The second kappa shape index (κ2) is 8.61. The highest BCUT2D eigenvalue weighted by Gasteiger charge is 2.16. The molecule has 1 heterocycles. The van der Waals surface area contributed by atoms with Crippen molar-refractivity contribution in [2.24, 2.45) is 0 Å². The van der Waals surface area contributed by atoms with Gasteiger partial charge in [0.25, 0.3) is 0 Å². The summed E-state index contributed by atoms with van der Waals surface area (Å²) in [7, 11) is 1.69. The normalized spacial score (nSPS) is 10.9. The van der Waals surface area contributed by atoms with Crippen LogP contribution in [-0.2, 0) is 13.0 Å². The van der Waals surface area contributed by atoms with Gasteiger partial charge < -0.3 is 9.30 Å². The molecule has 0 aliphatic rings. The molecule has 0 saturated heterocycles. The third-order valence-electron chi connectivity index (χ3n) is 4.43. The van der Waals surface area contributed by atoms with Gasteiger partial charge in [-0.1, -0.05) is 54.7 Å². The number of aromatic nitrogens is 2. The monoisotopic (exact) mass is 388 g/mol. The minimum absolute atomic E-state index is 0.644. The van der Waals surface area contributed by atoms with E-state index in [9.17, 15) is 0 Å². The molecule has 0 spiro atoms. The van der Waals surface area contributed by atoms with Crippen molar-refractivity contribution in [1.82, 2.24) is 9.55 Å². The van der Waals surface area contributed by atoms with Crippen molar-refractivity contribution in [1.29, 1.82) is 0 Å². The predicted molar refractivity (Wildman–Crippen MR) is 108 cm³/mol. The van der Waals surface area contributed by atoms with Crippen molar-refractivity contribution in [2.45, 2.75) is 32.7 Å². The highest BCUT2D eigenvalue weighted by Crippen LogP contribution is 2.32. The summed E-state index contributed by atoms with van der Waals surface area (Å²) < 4.78 is 7.71. The highest BCUT2D eigenvalue weighted by molar-refractivity contribution is 6.35. The second-order valence-corrected chi connectivity index (χ2v) is 7.05. The molecule has 26 heavy (non-hydrogen) atoms. The molecule has 5 heteroatoms. The van der Waals surface area contributed by atoms with Crippen molar-refractivity contribution in [3.05, 3.63) is 70.1 Å². The molecule has 2 aromatic carbocycles. The number of ether oxygens (including phenoxy) is 1. The minimum atomic E-state index is 0.644. The van der Waals surface area contributed by atoms with Crippen LogP contribution in [0.5, 0.6) is 5.75 Å². The smallest absolute Gasteiger partial charge is 0.128 e. The molecular weight excluding hydrogens is 367 g/mol. The van der Waals surface area contributed by atoms with Gasteiger partial charge in [-0.05, 0) is 42.7 Å². The van der Waals surface area contributed by atoms with Crippen LogP contribution in [-0.4, -0.2) is 16.7 Å². The van der Waals surface area contributed by atoms with Crippen LogP contribution < -0.4 is 4.74 Å². The minimum Gasteiger partial charge on any atom is -0.496 e. The van der Waals surface area contributed by atoms with E-state index in [0.29, 0.717) is 16.6 Å². The van der Waals surface area contributed by atoms with Crippen LogP contribution in [0.25, 0.3) is 11.3 Å². The van der Waals surface area contributed by atoms with E-state index in [0.717, 1.165) is 41.8 Å². The highest BCUT2D eigenvalue weighted by atomic mass is 35.5. The van der Waals surface area contributed by atoms with E-state index in [4.69, 9.17) is 32.9 Å². The zero-order chi connectivity index (χ0) is 18.5. The van der Waals surface area contributed by atoms with Gasteiger partial charge in [0, 0.05) is 21.3 Å². The molecule has 0 amide bonds. The molecule has 0 unspecified atom stereocenters. The maximum Gasteiger partial charge on any atom is 0.128 e. The lowest BCUT2D eigenvalue weighted by molar-refractivity contribution is 0.416. The molecule has 3 aromatic rings. The Bertz CT molecular complexity index is 889. The molecule has 0 aliphatic carbocycles. The number of hydrogen-bond acceptors (Lipinski definition) is 2. The van der Waals surface area contributed by atoms with Crippen molar-refractivity contribution in [3.8, 4) is 17.0 Å². The number of imidazole rings is 1. The summed E-state index contributed by atoms with van der Waals surface area (Å²) in [6, 6.07) is 13.6. The van der Waals surface area contributed by atoms with E-state index in [-0.39, 0.29) is 0 Å². The maximum atomic E-state index is 6.37. The summed E-state index contributed by atoms with van der Waals surface area (Å²) in [6.07, 6.45) is 5.06. The Kier molecular flexibility index (Phi) is 6.23. The quantitative estimate of drug-likeness (QED) is 0.477. The average molecular weight is 389 g/mol. The number of methoxy groups -OCH3 is 1. The molecule has 0 saturated carbocycles. The molecule has 0 fully saturated rings. The van der Waals surface area contributed by atoms with Crippen LogP contribution >= 0.6 is 23.2 Å². The second-order valence-electron chi connectivity index (χ2n) is 6.21. The fourth-order valence-electron chi connectivity index (χ4n) is 3.05. The van der Waals surface area contributed by atoms with E-state index >= 15 is 0 Å². The third-order valence-corrected chi connectivity index (χ3v) is 5.02. The van der Waals surface area contributed by atoms with Crippen LogP contribution in [0.15, 0.2) is 48.8 Å². The number of halogens is 2. The fourth-order valence-corrected chi connectivity index (χ4v) is 3.52. The summed E-state index contributed by atoms with van der Waals surface area (Å²) in [6.45, 7) is 2.86. The lowest BCUT2D eigenvalue weighted by Crippen LogP contribution is -2.05. The Balaban J connectivity index is 2.02. The topological polar surface area (TPSA) is 27.1 Å². The van der Waals surface area contributed by atoms with E-state index < -0.39 is 0 Å². The standard InChI is InChI=1S/C21H22Cl2N2O/c1-3-4-8-19-21(17-7-5-6-9-20(17)26-2)24-14-25(19)13-15-10-11-16(22)12-18(15)23/h5-7,9-12,14H,3-4,8,13H2,1-2H3. The largest absolute Gasteiger partial charge is 0.496 e. The lowest BCUT2D eigenvalue weighted by atomic mass is 10.1. The van der Waals surface area contributed by atoms with Gasteiger partial charge in [-0.3, -0.25) is 0 Å². The SMILES string of the molecule is CCCCc1c(-c2ccccc2OC)ncn1Cc1ccc(Cl)cc1Cl. The van der Waals surface area contributed by atoms with Gasteiger partial charge in [0.1, 0.15) is 5.75 Å². The zero-order valence-electron chi connectivity index (χ0n) is 15.0. The Morgan fingerprint density at radius 2 is 1.92 bits per heavy atom. The van der Waals surface area contributed by atoms with Gasteiger partial charge in [0.2, 0.25) is 0 Å². The first kappa shape index (κ1) is 18.8. The first-order chi connectivity index (χ1) is 12.6. The van der Waals surface area contributed by atoms with E-state index in [1.807, 2.05) is 36.7 Å². The summed E-state index contributed by atoms with van der Waals surface area (Å²) in [5.41, 5.74) is 4.21. The molecular formula is C21H22Cl2N2O. The molecule has 0 bridgehead atoms. The van der Waals surface area contributed by atoms with Crippen molar-refractivity contribution >= 4 is 23.2 Å². The van der Waals surface area contributed by atoms with E-state index in [1.165, 1.54) is 5.69 Å². The van der Waals surface area contributed by atoms with Gasteiger partial charge in [-0.15, -0.1) is 0 Å². The molecule has 0 aliphatic heterocycles. The van der Waals surface area contributed by atoms with Gasteiger partial charge in [-0.25, -0.2) is 4.98 Å². The summed E-state index contributed by atoms with van der Waals surface area (Å²) in [5, 5.41) is 1.32. The Morgan fingerprint density at radius 3 is 2.65 bits per heavy atom. The van der Waals surface area contributed by atoms with E-state index in [2.05, 4.69) is 17.6 Å². The number of unbranched alkanes of at least 4 members (excludes halogenated alkanes) is 1. The van der Waals surface area contributed by atoms with Crippen LogP contribution in [0.2, 0.25) is 10.0 Å². The fraction of sp³-hybridized carbons (Fsp3) is 0.286.